The minimum atomic E-state index is -3.17. The third-order valence-corrected chi connectivity index (χ3v) is 5.66. The highest BCUT2D eigenvalue weighted by Gasteiger charge is 2.33. The predicted octanol–water partition coefficient (Wildman–Crippen LogP) is -0.0762. The summed E-state index contributed by atoms with van der Waals surface area (Å²) in [6.45, 7) is 6.25. The Kier molecular flexibility index (Phi) is 4.19. The van der Waals surface area contributed by atoms with Gasteiger partial charge in [-0.1, -0.05) is 6.92 Å². The van der Waals surface area contributed by atoms with E-state index in [1.54, 1.807) is 13.8 Å². The van der Waals surface area contributed by atoms with E-state index in [9.17, 15) is 13.2 Å². The highest BCUT2D eigenvalue weighted by molar-refractivity contribution is 7.92. The number of carbonyl (C=O) groups is 1. The normalized spacial score (nSPS) is 25.9. The van der Waals surface area contributed by atoms with E-state index in [1.807, 2.05) is 6.92 Å². The van der Waals surface area contributed by atoms with Crippen LogP contribution in [0.1, 0.15) is 27.2 Å². The van der Waals surface area contributed by atoms with Crippen molar-refractivity contribution in [2.24, 2.45) is 5.92 Å². The summed E-state index contributed by atoms with van der Waals surface area (Å²) in [6, 6.07) is -0.189. The molecule has 2 unspecified atom stereocenters. The molecule has 1 heterocycles. The van der Waals surface area contributed by atoms with Crippen LogP contribution in [0.4, 0.5) is 0 Å². The van der Waals surface area contributed by atoms with Gasteiger partial charge in [0.1, 0.15) is 0 Å². The Labute approximate surface area is 103 Å². The van der Waals surface area contributed by atoms with E-state index in [-0.39, 0.29) is 18.5 Å². The zero-order valence-electron chi connectivity index (χ0n) is 10.9. The lowest BCUT2D eigenvalue weighted by Gasteiger charge is -2.24. The van der Waals surface area contributed by atoms with Gasteiger partial charge >= 0.3 is 0 Å². The molecule has 1 fully saturated rings. The van der Waals surface area contributed by atoms with Gasteiger partial charge in [0, 0.05) is 12.8 Å². The van der Waals surface area contributed by atoms with E-state index in [1.165, 1.54) is 6.26 Å². The number of sulfone groups is 1. The largest absolute Gasteiger partial charge is 0.353 e. The maximum atomic E-state index is 11.9. The molecule has 0 bridgehead atoms. The molecule has 1 rings (SSSR count). The Hall–Kier alpha value is -0.620. The first-order valence-electron chi connectivity index (χ1n) is 5.86. The Morgan fingerprint density at radius 3 is 2.47 bits per heavy atom. The highest BCUT2D eigenvalue weighted by Crippen LogP contribution is 2.16. The molecular weight excluding hydrogens is 240 g/mol. The van der Waals surface area contributed by atoms with E-state index < -0.39 is 14.6 Å². The second-order valence-corrected chi connectivity index (χ2v) is 8.10. The smallest absolute Gasteiger partial charge is 0.237 e. The Bertz CT molecular complexity index is 390. The molecule has 0 aliphatic carbocycles. The van der Waals surface area contributed by atoms with E-state index in [0.29, 0.717) is 5.92 Å². The van der Waals surface area contributed by atoms with Gasteiger partial charge in [-0.2, -0.15) is 0 Å². The number of hydrogen-bond acceptors (Lipinski definition) is 4. The standard InChI is InChI=1S/C11H22N2O3S/c1-8-5-6-12-9(8)10(14)13-7-11(2,3)17(4,15)16/h8-9,12H,5-7H2,1-4H3,(H,13,14). The van der Waals surface area contributed by atoms with Crippen LogP contribution >= 0.6 is 0 Å². The third kappa shape index (κ3) is 3.42. The zero-order valence-corrected chi connectivity index (χ0v) is 11.7. The number of rotatable bonds is 4. The van der Waals surface area contributed by atoms with E-state index in [2.05, 4.69) is 10.6 Å². The van der Waals surface area contributed by atoms with Crippen LogP contribution in [-0.4, -0.2) is 44.5 Å². The van der Waals surface area contributed by atoms with Gasteiger partial charge in [0.05, 0.1) is 10.8 Å². The Morgan fingerprint density at radius 1 is 1.47 bits per heavy atom. The molecule has 0 radical (unpaired) electrons. The predicted molar refractivity (Wildman–Crippen MR) is 67.5 cm³/mol. The topological polar surface area (TPSA) is 75.3 Å². The van der Waals surface area contributed by atoms with Gasteiger partial charge < -0.3 is 10.6 Å². The lowest BCUT2D eigenvalue weighted by Crippen LogP contribution is -2.49. The second-order valence-electron chi connectivity index (χ2n) is 5.45. The van der Waals surface area contributed by atoms with E-state index >= 15 is 0 Å². The minimum absolute atomic E-state index is 0.105. The SMILES string of the molecule is CC1CCNC1C(=O)NCC(C)(C)S(C)(=O)=O. The Balaban J connectivity index is 2.54. The van der Waals surface area contributed by atoms with Gasteiger partial charge in [0.25, 0.3) is 0 Å². The van der Waals surface area contributed by atoms with E-state index in [0.717, 1.165) is 13.0 Å². The van der Waals surface area contributed by atoms with Crippen LogP contribution in [0.5, 0.6) is 0 Å². The van der Waals surface area contributed by atoms with E-state index in [4.69, 9.17) is 0 Å². The van der Waals surface area contributed by atoms with Crippen molar-refractivity contribution in [1.29, 1.82) is 0 Å². The molecule has 1 amide bonds. The summed E-state index contributed by atoms with van der Waals surface area (Å²) in [4.78, 5) is 11.9. The van der Waals surface area contributed by atoms with Crippen molar-refractivity contribution in [3.8, 4) is 0 Å². The molecular formula is C11H22N2O3S. The Morgan fingerprint density at radius 2 is 2.06 bits per heavy atom. The zero-order chi connectivity index (χ0) is 13.3. The molecule has 5 nitrogen and oxygen atoms in total. The van der Waals surface area contributed by atoms with Crippen molar-refractivity contribution in [3.63, 3.8) is 0 Å². The van der Waals surface area contributed by atoms with Crippen LogP contribution in [0.15, 0.2) is 0 Å². The van der Waals surface area contributed by atoms with Crippen molar-refractivity contribution in [1.82, 2.24) is 10.6 Å². The van der Waals surface area contributed by atoms with Gasteiger partial charge in [0.15, 0.2) is 9.84 Å². The summed E-state index contributed by atoms with van der Waals surface area (Å²) >= 11 is 0. The average molecular weight is 262 g/mol. The maximum absolute atomic E-state index is 11.9. The van der Waals surface area contributed by atoms with Crippen LogP contribution < -0.4 is 10.6 Å². The molecule has 0 saturated carbocycles. The summed E-state index contributed by atoms with van der Waals surface area (Å²) in [6.07, 6.45) is 2.17. The van der Waals surface area contributed by atoms with Gasteiger partial charge in [-0.15, -0.1) is 0 Å². The first-order valence-corrected chi connectivity index (χ1v) is 7.75. The summed E-state index contributed by atoms with van der Waals surface area (Å²) < 4.78 is 22.0. The molecule has 0 aromatic rings. The summed E-state index contributed by atoms with van der Waals surface area (Å²) in [5.74, 6) is 0.197. The maximum Gasteiger partial charge on any atom is 0.237 e. The number of amides is 1. The molecule has 1 aliphatic heterocycles. The fourth-order valence-electron chi connectivity index (χ4n) is 1.73. The molecule has 100 valence electrons. The molecule has 1 saturated heterocycles. The summed E-state index contributed by atoms with van der Waals surface area (Å²) in [5.41, 5.74) is 0. The van der Waals surface area contributed by atoms with Gasteiger partial charge in [-0.3, -0.25) is 4.79 Å². The monoisotopic (exact) mass is 262 g/mol. The second kappa shape index (κ2) is 4.94. The van der Waals surface area contributed by atoms with Crippen LogP contribution in [-0.2, 0) is 14.6 Å². The van der Waals surface area contributed by atoms with Gasteiger partial charge in [0.2, 0.25) is 5.91 Å². The third-order valence-electron chi connectivity index (χ3n) is 3.51. The molecule has 0 aromatic carbocycles. The number of nitrogens with one attached hydrogen (secondary N) is 2. The summed E-state index contributed by atoms with van der Waals surface area (Å²) in [7, 11) is -3.17. The summed E-state index contributed by atoms with van der Waals surface area (Å²) in [5, 5.41) is 5.84. The quantitative estimate of drug-likeness (QED) is 0.743. The molecule has 17 heavy (non-hydrogen) atoms. The lowest BCUT2D eigenvalue weighted by molar-refractivity contribution is -0.123. The lowest BCUT2D eigenvalue weighted by atomic mass is 10.0. The van der Waals surface area contributed by atoms with Crippen molar-refractivity contribution >= 4 is 15.7 Å². The van der Waals surface area contributed by atoms with Crippen molar-refractivity contribution in [2.45, 2.75) is 38.0 Å². The average Bonchev–Trinajstić information content (AvgIpc) is 2.59. The number of hydrogen-bond donors (Lipinski definition) is 2. The van der Waals surface area contributed by atoms with Crippen LogP contribution in [0.3, 0.4) is 0 Å². The molecule has 2 atom stereocenters. The first kappa shape index (κ1) is 14.4. The van der Waals surface area contributed by atoms with Crippen LogP contribution in [0.2, 0.25) is 0 Å². The first-order chi connectivity index (χ1) is 7.65. The fraction of sp³-hybridized carbons (Fsp3) is 0.909. The van der Waals surface area contributed by atoms with Gasteiger partial charge in [-0.25, -0.2) is 8.42 Å². The fourth-order valence-corrected chi connectivity index (χ4v) is 2.06. The molecule has 0 aromatic heterocycles. The molecule has 1 aliphatic rings. The van der Waals surface area contributed by atoms with Crippen molar-refractivity contribution < 1.29 is 13.2 Å². The van der Waals surface area contributed by atoms with Crippen LogP contribution in [0, 0.1) is 5.92 Å². The molecule has 2 N–H and O–H groups in total. The number of carbonyl (C=O) groups excluding carboxylic acids is 1. The molecule has 0 spiro atoms. The highest BCUT2D eigenvalue weighted by atomic mass is 32.2. The molecule has 6 heteroatoms. The van der Waals surface area contributed by atoms with Crippen molar-refractivity contribution in [2.75, 3.05) is 19.3 Å². The van der Waals surface area contributed by atoms with Crippen molar-refractivity contribution in [3.05, 3.63) is 0 Å². The minimum Gasteiger partial charge on any atom is -0.353 e. The van der Waals surface area contributed by atoms with Gasteiger partial charge in [-0.05, 0) is 32.7 Å². The van der Waals surface area contributed by atoms with Crippen LogP contribution in [0.25, 0.3) is 0 Å².